The molecule has 0 amide bonds. The molecule has 0 saturated carbocycles. The van der Waals surface area contributed by atoms with E-state index in [1.807, 2.05) is 0 Å². The van der Waals surface area contributed by atoms with E-state index in [0.29, 0.717) is 17.2 Å². The third kappa shape index (κ3) is 7.28. The van der Waals surface area contributed by atoms with Gasteiger partial charge in [-0.05, 0) is 23.7 Å². The predicted molar refractivity (Wildman–Crippen MR) is 107 cm³/mol. The van der Waals surface area contributed by atoms with Crippen molar-refractivity contribution in [1.82, 2.24) is 4.72 Å². The molecule has 27 heavy (non-hydrogen) atoms. The van der Waals surface area contributed by atoms with E-state index in [2.05, 4.69) is 40.4 Å². The summed E-state index contributed by atoms with van der Waals surface area (Å²) in [6, 6.07) is 5.68. The Labute approximate surface area is 161 Å². The molecule has 9 heteroatoms. The van der Waals surface area contributed by atoms with Crippen molar-refractivity contribution >= 4 is 30.0 Å². The van der Waals surface area contributed by atoms with Crippen molar-refractivity contribution in [1.29, 1.82) is 0 Å². The van der Waals surface area contributed by atoms with Crippen LogP contribution >= 0.6 is 0 Å². The molecule has 0 aromatic heterocycles. The van der Waals surface area contributed by atoms with Gasteiger partial charge in [-0.1, -0.05) is 38.4 Å². The number of carbonyl (C=O) groups is 2. The predicted octanol–water partition coefficient (Wildman–Crippen LogP) is 2.50. The third-order valence-electron chi connectivity index (χ3n) is 3.88. The second-order valence-electron chi connectivity index (χ2n) is 7.31. The molecular weight excluding hydrogens is 386 g/mol. The Morgan fingerprint density at radius 1 is 1.11 bits per heavy atom. The highest BCUT2D eigenvalue weighted by Crippen LogP contribution is 2.24. The van der Waals surface area contributed by atoms with Crippen LogP contribution in [0.4, 0.5) is 0 Å². The van der Waals surface area contributed by atoms with Crippen LogP contribution in [0, 0.1) is 0 Å². The van der Waals surface area contributed by atoms with Crippen molar-refractivity contribution in [3.05, 3.63) is 47.5 Å². The van der Waals surface area contributed by atoms with Gasteiger partial charge in [0, 0.05) is 8.07 Å². The van der Waals surface area contributed by atoms with Crippen LogP contribution in [0.5, 0.6) is 0 Å². The second-order valence-corrected chi connectivity index (χ2v) is 14.8. The van der Waals surface area contributed by atoms with Crippen LogP contribution in [0.25, 0.3) is 0 Å². The van der Waals surface area contributed by atoms with Crippen molar-refractivity contribution in [3.8, 4) is 0 Å². The summed E-state index contributed by atoms with van der Waals surface area (Å²) in [6.45, 7) is 9.93. The normalized spacial score (nSPS) is 12.9. The van der Waals surface area contributed by atoms with Crippen molar-refractivity contribution in [2.75, 3.05) is 20.0 Å². The van der Waals surface area contributed by atoms with Gasteiger partial charge in [0.2, 0.25) is 10.0 Å². The topological polar surface area (TPSA) is 98.8 Å². The molecular formula is C18H27NO6SSi. The molecule has 1 atom stereocenters. The summed E-state index contributed by atoms with van der Waals surface area (Å²) < 4.78 is 36.9. The van der Waals surface area contributed by atoms with E-state index in [4.69, 9.17) is 0 Å². The number of hydrogen-bond donors (Lipinski definition) is 1. The summed E-state index contributed by atoms with van der Waals surface area (Å²) >= 11 is 0. The molecule has 1 aromatic rings. The fraction of sp³-hybridized carbons (Fsp3) is 0.444. The largest absolute Gasteiger partial charge is 0.466 e. The number of methoxy groups -OCH3 is 2. The van der Waals surface area contributed by atoms with E-state index < -0.39 is 36.1 Å². The van der Waals surface area contributed by atoms with Gasteiger partial charge in [-0.15, -0.1) is 0 Å². The fourth-order valence-corrected chi connectivity index (χ4v) is 6.48. The van der Waals surface area contributed by atoms with E-state index in [9.17, 15) is 18.0 Å². The zero-order valence-electron chi connectivity index (χ0n) is 16.4. The van der Waals surface area contributed by atoms with Crippen LogP contribution in [-0.4, -0.2) is 48.4 Å². The number of sulfonamides is 1. The van der Waals surface area contributed by atoms with E-state index in [-0.39, 0.29) is 11.3 Å². The van der Waals surface area contributed by atoms with Gasteiger partial charge in [0.1, 0.15) is 0 Å². The van der Waals surface area contributed by atoms with Gasteiger partial charge in [0.15, 0.2) is 0 Å². The Hall–Kier alpha value is -1.97. The lowest BCUT2D eigenvalue weighted by Gasteiger charge is -2.22. The molecule has 0 radical (unpaired) electrons. The standard InChI is InChI=1S/C18H27NO6SSi/c1-13(17(20)24-2)16(19-26(22,23)11-12-27(4,5)6)14-7-9-15(10-8-14)18(21)25-3/h7-10,16,19H,1,11-12H2,2-6H3. The Kier molecular flexibility index (Phi) is 7.94. The minimum atomic E-state index is -3.66. The van der Waals surface area contributed by atoms with Crippen LogP contribution in [-0.2, 0) is 24.3 Å². The molecule has 150 valence electrons. The van der Waals surface area contributed by atoms with Crippen LogP contribution in [0.15, 0.2) is 36.4 Å². The Balaban J connectivity index is 3.16. The molecule has 0 heterocycles. The molecule has 0 aliphatic heterocycles. The molecule has 1 unspecified atom stereocenters. The zero-order chi connectivity index (χ0) is 20.8. The molecule has 0 saturated heterocycles. The average Bonchev–Trinajstić information content (AvgIpc) is 2.62. The molecule has 0 fully saturated rings. The highest BCUT2D eigenvalue weighted by molar-refractivity contribution is 7.89. The number of esters is 2. The van der Waals surface area contributed by atoms with Gasteiger partial charge < -0.3 is 9.47 Å². The highest BCUT2D eigenvalue weighted by atomic mass is 32.2. The minimum absolute atomic E-state index is 0.0338. The zero-order valence-corrected chi connectivity index (χ0v) is 18.2. The van der Waals surface area contributed by atoms with Crippen molar-refractivity contribution in [3.63, 3.8) is 0 Å². The molecule has 1 N–H and O–H groups in total. The first kappa shape index (κ1) is 23.1. The first-order valence-electron chi connectivity index (χ1n) is 8.35. The SMILES string of the molecule is C=C(C(=O)OC)C(NS(=O)(=O)CC[Si](C)(C)C)c1ccc(C(=O)OC)cc1. The fourth-order valence-electron chi connectivity index (χ4n) is 2.20. The summed E-state index contributed by atoms with van der Waals surface area (Å²) in [5.74, 6) is -1.26. The number of hydrogen-bond acceptors (Lipinski definition) is 6. The van der Waals surface area contributed by atoms with E-state index in [1.54, 1.807) is 12.1 Å². The summed E-state index contributed by atoms with van der Waals surface area (Å²) in [5.41, 5.74) is 0.736. The lowest BCUT2D eigenvalue weighted by molar-refractivity contribution is -0.136. The molecule has 0 aliphatic carbocycles. The molecule has 7 nitrogen and oxygen atoms in total. The third-order valence-corrected chi connectivity index (χ3v) is 7.33. The Morgan fingerprint density at radius 3 is 2.11 bits per heavy atom. The maximum atomic E-state index is 12.5. The van der Waals surface area contributed by atoms with Crippen molar-refractivity contribution in [2.24, 2.45) is 0 Å². The van der Waals surface area contributed by atoms with Crippen molar-refractivity contribution in [2.45, 2.75) is 31.7 Å². The van der Waals surface area contributed by atoms with Gasteiger partial charge in [0.05, 0.1) is 37.2 Å². The molecule has 0 spiro atoms. The summed E-state index contributed by atoms with van der Waals surface area (Å²) in [4.78, 5) is 23.5. The minimum Gasteiger partial charge on any atom is -0.466 e. The van der Waals surface area contributed by atoms with E-state index in [1.165, 1.54) is 26.4 Å². The average molecular weight is 414 g/mol. The van der Waals surface area contributed by atoms with Gasteiger partial charge >= 0.3 is 11.9 Å². The number of carbonyl (C=O) groups excluding carboxylic acids is 2. The van der Waals surface area contributed by atoms with Gasteiger partial charge in [0.25, 0.3) is 0 Å². The smallest absolute Gasteiger partial charge is 0.337 e. The van der Waals surface area contributed by atoms with Gasteiger partial charge in [-0.25, -0.2) is 22.7 Å². The maximum Gasteiger partial charge on any atom is 0.337 e. The number of benzene rings is 1. The summed E-state index contributed by atoms with van der Waals surface area (Å²) in [7, 11) is -2.75. The monoisotopic (exact) mass is 413 g/mol. The molecule has 0 bridgehead atoms. The quantitative estimate of drug-likeness (QED) is 0.379. The van der Waals surface area contributed by atoms with Gasteiger partial charge in [-0.2, -0.15) is 0 Å². The number of rotatable bonds is 9. The summed E-state index contributed by atoms with van der Waals surface area (Å²) in [5, 5.41) is 0. The van der Waals surface area contributed by atoms with Gasteiger partial charge in [-0.3, -0.25) is 0 Å². The number of nitrogens with one attached hydrogen (secondary N) is 1. The van der Waals surface area contributed by atoms with Crippen molar-refractivity contribution < 1.29 is 27.5 Å². The highest BCUT2D eigenvalue weighted by Gasteiger charge is 2.28. The van der Waals surface area contributed by atoms with E-state index in [0.717, 1.165) is 0 Å². The lowest BCUT2D eigenvalue weighted by Crippen LogP contribution is -2.35. The van der Waals surface area contributed by atoms with Crippen LogP contribution in [0.3, 0.4) is 0 Å². The van der Waals surface area contributed by atoms with Crippen LogP contribution in [0.2, 0.25) is 25.7 Å². The molecule has 1 rings (SSSR count). The van der Waals surface area contributed by atoms with Crippen LogP contribution in [0.1, 0.15) is 22.0 Å². The summed E-state index contributed by atoms with van der Waals surface area (Å²) in [6.07, 6.45) is 0. The Bertz CT molecular complexity index is 796. The number of ether oxygens (including phenoxy) is 2. The maximum absolute atomic E-state index is 12.5. The van der Waals surface area contributed by atoms with E-state index >= 15 is 0 Å². The lowest BCUT2D eigenvalue weighted by atomic mass is 9.99. The molecule has 1 aromatic carbocycles. The first-order chi connectivity index (χ1) is 12.4. The Morgan fingerprint density at radius 2 is 1.67 bits per heavy atom. The second kappa shape index (κ2) is 9.29. The van der Waals surface area contributed by atoms with Crippen LogP contribution < -0.4 is 4.72 Å². The first-order valence-corrected chi connectivity index (χ1v) is 13.7. The molecule has 0 aliphatic rings.